The van der Waals surface area contributed by atoms with Gasteiger partial charge < -0.3 is 14.6 Å². The van der Waals surface area contributed by atoms with Crippen molar-refractivity contribution in [1.82, 2.24) is 4.98 Å². The number of carboxylic acid groups (broad SMARTS) is 1. The fourth-order valence-electron chi connectivity index (χ4n) is 3.88. The number of benzene rings is 2. The minimum Gasteiger partial charge on any atom is -0.481 e. The summed E-state index contributed by atoms with van der Waals surface area (Å²) in [5.41, 5.74) is 2.05. The van der Waals surface area contributed by atoms with Crippen LogP contribution in [-0.2, 0) is 14.3 Å². The third-order valence-electron chi connectivity index (χ3n) is 5.38. The predicted octanol–water partition coefficient (Wildman–Crippen LogP) is 5.45. The highest BCUT2D eigenvalue weighted by atomic mass is 16.7. The number of pyridine rings is 1. The van der Waals surface area contributed by atoms with Crippen LogP contribution in [0.4, 0.5) is 0 Å². The lowest BCUT2D eigenvalue weighted by atomic mass is 9.92. The average Bonchev–Trinajstić information content (AvgIpc) is 2.79. The van der Waals surface area contributed by atoms with Crippen molar-refractivity contribution in [3.63, 3.8) is 0 Å². The van der Waals surface area contributed by atoms with Crippen LogP contribution in [-0.4, -0.2) is 22.7 Å². The maximum absolute atomic E-state index is 10.7. The SMILES string of the molecule is O=C(O)CC/C=C\C[C@@H]1CO[C@H](c2cccc3ccccc23)O[C@@H]1c1cccnc1. The van der Waals surface area contributed by atoms with E-state index in [1.54, 1.807) is 6.20 Å². The molecule has 5 heteroatoms. The van der Waals surface area contributed by atoms with Gasteiger partial charge in [0.25, 0.3) is 0 Å². The highest BCUT2D eigenvalue weighted by Crippen LogP contribution is 2.41. The van der Waals surface area contributed by atoms with Crippen molar-refractivity contribution in [2.75, 3.05) is 6.61 Å². The molecular formula is C25H25NO4. The van der Waals surface area contributed by atoms with Gasteiger partial charge in [0.1, 0.15) is 0 Å². The normalized spacial score (nSPS) is 21.8. The summed E-state index contributed by atoms with van der Waals surface area (Å²) in [5, 5.41) is 11.1. The van der Waals surface area contributed by atoms with E-state index < -0.39 is 12.3 Å². The molecule has 154 valence electrons. The molecule has 5 nitrogen and oxygen atoms in total. The van der Waals surface area contributed by atoms with Gasteiger partial charge in [-0.25, -0.2) is 0 Å². The summed E-state index contributed by atoms with van der Waals surface area (Å²) in [6.45, 7) is 0.552. The molecule has 2 aromatic carbocycles. The molecule has 0 saturated carbocycles. The van der Waals surface area contributed by atoms with E-state index in [1.807, 2.05) is 48.7 Å². The van der Waals surface area contributed by atoms with Crippen molar-refractivity contribution in [3.05, 3.63) is 90.3 Å². The molecule has 1 N–H and O–H groups in total. The van der Waals surface area contributed by atoms with Crippen molar-refractivity contribution >= 4 is 16.7 Å². The third-order valence-corrected chi connectivity index (χ3v) is 5.38. The molecule has 3 aromatic rings. The zero-order valence-electron chi connectivity index (χ0n) is 16.7. The Labute approximate surface area is 176 Å². The fraction of sp³-hybridized carbons (Fsp3) is 0.280. The fourth-order valence-corrected chi connectivity index (χ4v) is 3.88. The number of fused-ring (bicyclic) bond motifs is 1. The Bertz CT molecular complexity index is 1010. The molecule has 0 amide bonds. The lowest BCUT2D eigenvalue weighted by Crippen LogP contribution is -2.30. The number of carboxylic acids is 1. The summed E-state index contributed by atoms with van der Waals surface area (Å²) in [4.78, 5) is 15.0. The van der Waals surface area contributed by atoms with E-state index in [2.05, 4.69) is 29.2 Å². The summed E-state index contributed by atoms with van der Waals surface area (Å²) < 4.78 is 12.6. The zero-order valence-corrected chi connectivity index (χ0v) is 16.7. The van der Waals surface area contributed by atoms with E-state index in [1.165, 1.54) is 0 Å². The molecule has 1 fully saturated rings. The topological polar surface area (TPSA) is 68.7 Å². The first kappa shape index (κ1) is 20.3. The van der Waals surface area contributed by atoms with Crippen LogP contribution in [0.5, 0.6) is 0 Å². The van der Waals surface area contributed by atoms with Gasteiger partial charge in [-0.15, -0.1) is 0 Å². The maximum Gasteiger partial charge on any atom is 0.303 e. The van der Waals surface area contributed by atoms with Gasteiger partial charge in [-0.05, 0) is 35.2 Å². The molecule has 0 bridgehead atoms. The quantitative estimate of drug-likeness (QED) is 0.531. The van der Waals surface area contributed by atoms with Crippen LogP contribution in [0, 0.1) is 5.92 Å². The van der Waals surface area contributed by atoms with E-state index in [-0.39, 0.29) is 18.4 Å². The third kappa shape index (κ3) is 4.75. The molecule has 1 aromatic heterocycles. The first-order valence-electron chi connectivity index (χ1n) is 10.2. The summed E-state index contributed by atoms with van der Waals surface area (Å²) in [7, 11) is 0. The molecule has 1 aliphatic rings. The molecule has 0 spiro atoms. The number of aliphatic carboxylic acids is 1. The van der Waals surface area contributed by atoms with E-state index >= 15 is 0 Å². The molecule has 0 unspecified atom stereocenters. The van der Waals surface area contributed by atoms with Gasteiger partial charge in [0.2, 0.25) is 0 Å². The Morgan fingerprint density at radius 3 is 2.80 bits per heavy atom. The van der Waals surface area contributed by atoms with Crippen LogP contribution >= 0.6 is 0 Å². The molecule has 1 saturated heterocycles. The maximum atomic E-state index is 10.7. The molecule has 1 aliphatic heterocycles. The molecule has 4 rings (SSSR count). The molecule has 3 atom stereocenters. The van der Waals surface area contributed by atoms with Gasteiger partial charge in [-0.2, -0.15) is 0 Å². The van der Waals surface area contributed by atoms with E-state index in [4.69, 9.17) is 14.6 Å². The zero-order chi connectivity index (χ0) is 20.8. The van der Waals surface area contributed by atoms with Crippen LogP contribution in [0.2, 0.25) is 0 Å². The number of allylic oxidation sites excluding steroid dienone is 2. The standard InChI is InChI=1S/C25H25NO4/c27-23(28)14-3-1-2-9-20-17-29-25(30-24(20)19-11-7-15-26-16-19)22-13-6-10-18-8-4-5-12-21(18)22/h1-2,4-8,10-13,15-16,20,24-25H,3,9,14,17H2,(H,27,28)/b2-1-/t20-,24-,25+/m1/s1. The van der Waals surface area contributed by atoms with E-state index in [0.29, 0.717) is 13.0 Å². The minimum absolute atomic E-state index is 0.126. The molecule has 0 aliphatic carbocycles. The van der Waals surface area contributed by atoms with Crippen LogP contribution in [0.1, 0.15) is 42.8 Å². The summed E-state index contributed by atoms with van der Waals surface area (Å²) in [6, 6.07) is 18.4. The predicted molar refractivity (Wildman–Crippen MR) is 115 cm³/mol. The van der Waals surface area contributed by atoms with Crippen molar-refractivity contribution in [1.29, 1.82) is 0 Å². The number of aromatic nitrogens is 1. The van der Waals surface area contributed by atoms with Gasteiger partial charge in [-0.1, -0.05) is 60.7 Å². The van der Waals surface area contributed by atoms with E-state index in [9.17, 15) is 4.79 Å². The molecule has 0 radical (unpaired) electrons. The first-order chi connectivity index (χ1) is 14.7. The number of carbonyl (C=O) groups is 1. The number of nitrogens with zero attached hydrogens (tertiary/aromatic N) is 1. The van der Waals surface area contributed by atoms with Crippen molar-refractivity contribution in [3.8, 4) is 0 Å². The van der Waals surface area contributed by atoms with Crippen LogP contribution in [0.25, 0.3) is 10.8 Å². The number of ether oxygens (including phenoxy) is 2. The second-order valence-electron chi connectivity index (χ2n) is 7.48. The Morgan fingerprint density at radius 2 is 1.97 bits per heavy atom. The first-order valence-corrected chi connectivity index (χ1v) is 10.2. The lowest BCUT2D eigenvalue weighted by Gasteiger charge is -2.37. The second kappa shape index (κ2) is 9.65. The van der Waals surface area contributed by atoms with E-state index in [0.717, 1.165) is 28.3 Å². The summed E-state index contributed by atoms with van der Waals surface area (Å²) >= 11 is 0. The Balaban J connectivity index is 1.55. The Morgan fingerprint density at radius 1 is 1.10 bits per heavy atom. The second-order valence-corrected chi connectivity index (χ2v) is 7.48. The highest BCUT2D eigenvalue weighted by molar-refractivity contribution is 5.85. The van der Waals surface area contributed by atoms with Crippen LogP contribution in [0.3, 0.4) is 0 Å². The highest BCUT2D eigenvalue weighted by Gasteiger charge is 2.34. The minimum atomic E-state index is -0.782. The van der Waals surface area contributed by atoms with Gasteiger partial charge in [0.05, 0.1) is 12.7 Å². The molecular weight excluding hydrogens is 378 g/mol. The summed E-state index contributed by atoms with van der Waals surface area (Å²) in [5.74, 6) is -0.656. The molecule has 30 heavy (non-hydrogen) atoms. The van der Waals surface area contributed by atoms with Crippen molar-refractivity contribution in [2.24, 2.45) is 5.92 Å². The largest absolute Gasteiger partial charge is 0.481 e. The van der Waals surface area contributed by atoms with Gasteiger partial charge in [-0.3, -0.25) is 9.78 Å². The molecule has 2 heterocycles. The van der Waals surface area contributed by atoms with Crippen molar-refractivity contribution in [2.45, 2.75) is 31.7 Å². The van der Waals surface area contributed by atoms with Gasteiger partial charge >= 0.3 is 5.97 Å². The van der Waals surface area contributed by atoms with Crippen LogP contribution < -0.4 is 0 Å². The monoisotopic (exact) mass is 403 g/mol. The van der Waals surface area contributed by atoms with Crippen LogP contribution in [0.15, 0.2) is 79.1 Å². The van der Waals surface area contributed by atoms with Gasteiger partial charge in [0.15, 0.2) is 6.29 Å². The lowest BCUT2D eigenvalue weighted by molar-refractivity contribution is -0.243. The number of rotatable bonds is 7. The van der Waals surface area contributed by atoms with Gasteiger partial charge in [0, 0.05) is 30.3 Å². The Hall–Kier alpha value is -3.02. The smallest absolute Gasteiger partial charge is 0.303 e. The summed E-state index contributed by atoms with van der Waals surface area (Å²) in [6.07, 6.45) is 8.37. The van der Waals surface area contributed by atoms with Crippen molar-refractivity contribution < 1.29 is 19.4 Å². The number of hydrogen-bond acceptors (Lipinski definition) is 4. The Kier molecular flexibility index (Phi) is 6.52. The average molecular weight is 403 g/mol. The number of hydrogen-bond donors (Lipinski definition) is 1.